The van der Waals surface area contributed by atoms with Crippen LogP contribution in [-0.4, -0.2) is 21.4 Å². The third-order valence-electron chi connectivity index (χ3n) is 10.3. The van der Waals surface area contributed by atoms with E-state index in [0.29, 0.717) is 28.0 Å². The molecule has 1 heterocycles. The summed E-state index contributed by atoms with van der Waals surface area (Å²) in [5.74, 6) is 0.361. The van der Waals surface area contributed by atoms with Crippen LogP contribution in [0.25, 0.3) is 55.1 Å². The maximum Gasteiger partial charge on any atom is 0.125 e. The van der Waals surface area contributed by atoms with Gasteiger partial charge in [-0.15, -0.1) is 0 Å². The first-order chi connectivity index (χ1) is 24.1. The number of phenolic OH excluding ortho intramolecular Hbond substituents is 2. The van der Waals surface area contributed by atoms with Crippen LogP contribution in [0, 0.1) is 0 Å². The van der Waals surface area contributed by atoms with E-state index in [0.717, 1.165) is 32.8 Å². The average Bonchev–Trinajstić information content (AvgIpc) is 3.60. The second-order valence-corrected chi connectivity index (χ2v) is 12.8. The number of pyridine rings is 1. The second kappa shape index (κ2) is 11.4. The topological polar surface area (TPSA) is 65.7 Å². The van der Waals surface area contributed by atoms with Crippen molar-refractivity contribution in [2.75, 3.05) is 0 Å². The van der Waals surface area contributed by atoms with Crippen LogP contribution < -0.4 is 0 Å². The molecule has 4 nitrogen and oxygen atoms in total. The Bertz CT molecular complexity index is 2660. The zero-order valence-electron chi connectivity index (χ0n) is 26.6. The van der Waals surface area contributed by atoms with Crippen LogP contribution in [0.4, 0.5) is 5.69 Å². The fourth-order valence-corrected chi connectivity index (χ4v) is 8.33. The fraction of sp³-hybridized carbons (Fsp3) is 0.0222. The third-order valence-corrected chi connectivity index (χ3v) is 10.3. The van der Waals surface area contributed by atoms with Crippen molar-refractivity contribution in [3.05, 3.63) is 180 Å². The summed E-state index contributed by atoms with van der Waals surface area (Å²) < 4.78 is 0. The normalized spacial score (nSPS) is 13.3. The van der Waals surface area contributed by atoms with Crippen LogP contribution >= 0.6 is 0 Å². The standard InChI is InChI=1S/C45H28N2O2.Pt/c48-42-22-10-13-27-12-9-21-39(44(27)42)46-26-41-29-14-2-1-11-28(29)23-40(47-41)34-24-38-33(25-43(34)49)32-17-5-8-20-37(32)45(38)35-18-6-3-15-30(35)31-16-4-7-19-36(31)45;/h1-26,48-49H;. The van der Waals surface area contributed by atoms with Gasteiger partial charge in [-0.1, -0.05) is 121 Å². The van der Waals surface area contributed by atoms with E-state index in [2.05, 4.69) is 84.9 Å². The van der Waals surface area contributed by atoms with Crippen LogP contribution in [-0.2, 0) is 26.5 Å². The molecule has 0 radical (unpaired) electrons. The van der Waals surface area contributed by atoms with E-state index < -0.39 is 5.41 Å². The first-order valence-corrected chi connectivity index (χ1v) is 16.4. The Morgan fingerprint density at radius 1 is 0.500 bits per heavy atom. The molecule has 1 spiro atoms. The van der Waals surface area contributed by atoms with E-state index in [-0.39, 0.29) is 32.6 Å². The van der Waals surface area contributed by atoms with Crippen LogP contribution in [0.5, 0.6) is 11.5 Å². The van der Waals surface area contributed by atoms with Crippen LogP contribution in [0.2, 0.25) is 0 Å². The molecule has 2 aliphatic carbocycles. The molecule has 0 unspecified atom stereocenters. The molecule has 5 heteroatoms. The van der Waals surface area contributed by atoms with Crippen molar-refractivity contribution in [1.82, 2.24) is 4.98 Å². The van der Waals surface area contributed by atoms with Crippen LogP contribution in [0.1, 0.15) is 27.9 Å². The van der Waals surface area contributed by atoms with Gasteiger partial charge in [0.2, 0.25) is 0 Å². The predicted octanol–water partition coefficient (Wildman–Crippen LogP) is 10.6. The molecule has 2 aliphatic rings. The van der Waals surface area contributed by atoms with Gasteiger partial charge in [-0.3, -0.25) is 4.99 Å². The number of hydrogen-bond donors (Lipinski definition) is 2. The molecule has 0 saturated carbocycles. The Balaban J connectivity index is 0.00000336. The number of phenols is 2. The summed E-state index contributed by atoms with van der Waals surface area (Å²) in [6.45, 7) is 0. The largest absolute Gasteiger partial charge is 0.507 e. The number of nitrogens with zero attached hydrogens (tertiary/aromatic N) is 2. The molecule has 7 aromatic carbocycles. The number of aromatic hydroxyl groups is 2. The maximum atomic E-state index is 11.8. The van der Waals surface area contributed by atoms with Crippen molar-refractivity contribution in [3.8, 4) is 45.0 Å². The van der Waals surface area contributed by atoms with Gasteiger partial charge in [0.05, 0.1) is 28.7 Å². The van der Waals surface area contributed by atoms with E-state index in [9.17, 15) is 10.2 Å². The number of fused-ring (bicyclic) bond motifs is 12. The second-order valence-electron chi connectivity index (χ2n) is 12.8. The molecule has 0 aliphatic heterocycles. The first kappa shape index (κ1) is 30.2. The van der Waals surface area contributed by atoms with Crippen molar-refractivity contribution in [1.29, 1.82) is 0 Å². The molecule has 0 amide bonds. The Kier molecular flexibility index (Phi) is 6.88. The van der Waals surface area contributed by atoms with Gasteiger partial charge in [0.25, 0.3) is 0 Å². The van der Waals surface area contributed by atoms with Gasteiger partial charge in [0.15, 0.2) is 0 Å². The first-order valence-electron chi connectivity index (χ1n) is 16.4. The van der Waals surface area contributed by atoms with Gasteiger partial charge < -0.3 is 10.2 Å². The number of aromatic nitrogens is 1. The Labute approximate surface area is 303 Å². The zero-order valence-corrected chi connectivity index (χ0v) is 28.9. The number of aliphatic imine (C=N–C) groups is 1. The Morgan fingerprint density at radius 2 is 1.08 bits per heavy atom. The van der Waals surface area contributed by atoms with Crippen molar-refractivity contribution in [2.45, 2.75) is 5.41 Å². The predicted molar refractivity (Wildman–Crippen MR) is 198 cm³/mol. The van der Waals surface area contributed by atoms with E-state index in [1.165, 1.54) is 27.8 Å². The summed E-state index contributed by atoms with van der Waals surface area (Å²) in [6.07, 6.45) is 1.76. The Hall–Kier alpha value is -5.83. The van der Waals surface area contributed by atoms with Crippen molar-refractivity contribution >= 4 is 33.4 Å². The molecule has 50 heavy (non-hydrogen) atoms. The Morgan fingerprint density at radius 3 is 1.78 bits per heavy atom. The molecule has 0 bridgehead atoms. The summed E-state index contributed by atoms with van der Waals surface area (Å²) in [5, 5.41) is 26.0. The summed E-state index contributed by atoms with van der Waals surface area (Å²) in [7, 11) is 0. The number of hydrogen-bond acceptors (Lipinski definition) is 4. The van der Waals surface area contributed by atoms with Crippen molar-refractivity contribution in [2.24, 2.45) is 4.99 Å². The summed E-state index contributed by atoms with van der Waals surface area (Å²) in [5.41, 5.74) is 11.6. The molecule has 0 fully saturated rings. The smallest absolute Gasteiger partial charge is 0.125 e. The van der Waals surface area contributed by atoms with Gasteiger partial charge in [0.1, 0.15) is 11.5 Å². The van der Waals surface area contributed by atoms with E-state index >= 15 is 0 Å². The molecule has 2 N–H and O–H groups in total. The molecular formula is C45H28N2O2Pt. The average molecular weight is 824 g/mol. The van der Waals surface area contributed by atoms with Crippen LogP contribution in [0.3, 0.4) is 0 Å². The zero-order chi connectivity index (χ0) is 32.7. The summed E-state index contributed by atoms with van der Waals surface area (Å²) in [4.78, 5) is 10.0. The molecular weight excluding hydrogens is 796 g/mol. The van der Waals surface area contributed by atoms with Gasteiger partial charge in [-0.25, -0.2) is 4.98 Å². The molecule has 240 valence electrons. The quantitative estimate of drug-likeness (QED) is 0.175. The maximum absolute atomic E-state index is 11.8. The summed E-state index contributed by atoms with van der Waals surface area (Å²) in [6, 6.07) is 51.5. The monoisotopic (exact) mass is 823 g/mol. The van der Waals surface area contributed by atoms with Gasteiger partial charge in [-0.2, -0.15) is 0 Å². The SMILES string of the molecule is Oc1cc2c(cc1-c1cc3ccccc3c(C=Nc3cccc4cccc(O)c34)n1)C1(c3ccccc3-c3ccccc31)c1ccccc1-2.[Pt]. The molecule has 0 atom stereocenters. The van der Waals surface area contributed by atoms with Crippen molar-refractivity contribution < 1.29 is 31.3 Å². The fourth-order valence-electron chi connectivity index (χ4n) is 8.33. The molecule has 8 aromatic rings. The minimum Gasteiger partial charge on any atom is -0.507 e. The molecule has 10 rings (SSSR count). The van der Waals surface area contributed by atoms with Crippen molar-refractivity contribution in [3.63, 3.8) is 0 Å². The minimum atomic E-state index is -0.529. The molecule has 0 saturated heterocycles. The van der Waals surface area contributed by atoms with Gasteiger partial charge in [-0.05, 0) is 85.6 Å². The molecule has 1 aromatic heterocycles. The summed E-state index contributed by atoms with van der Waals surface area (Å²) >= 11 is 0. The van der Waals surface area contributed by atoms with E-state index in [1.807, 2.05) is 60.7 Å². The van der Waals surface area contributed by atoms with Crippen LogP contribution in [0.15, 0.2) is 157 Å². The van der Waals surface area contributed by atoms with E-state index in [1.54, 1.807) is 12.3 Å². The number of benzene rings is 7. The third kappa shape index (κ3) is 4.15. The minimum absolute atomic E-state index is 0. The van der Waals surface area contributed by atoms with E-state index in [4.69, 9.17) is 9.98 Å². The number of rotatable bonds is 3. The van der Waals surface area contributed by atoms with Gasteiger partial charge in [0, 0.05) is 37.4 Å². The van der Waals surface area contributed by atoms with Gasteiger partial charge >= 0.3 is 0 Å².